The summed E-state index contributed by atoms with van der Waals surface area (Å²) in [4.78, 5) is 5.24. The van der Waals surface area contributed by atoms with Crippen LogP contribution in [0.25, 0.3) is 0 Å². The standard InChI is InChI=1S/C17H29N3O/c1-14(2)18-11-16-6-7-17(21-16)13-19-9-10-20-8-4-3-5-15(20)12-19/h6-7,14-15,18H,3-5,8-13H2,1-2H3. The molecule has 3 heterocycles. The third-order valence-electron chi connectivity index (χ3n) is 4.70. The molecule has 0 amide bonds. The lowest BCUT2D eigenvalue weighted by Crippen LogP contribution is -2.54. The van der Waals surface area contributed by atoms with Crippen molar-refractivity contribution in [1.82, 2.24) is 15.1 Å². The largest absolute Gasteiger partial charge is 0.463 e. The fourth-order valence-electron chi connectivity index (χ4n) is 3.49. The zero-order valence-electron chi connectivity index (χ0n) is 13.5. The van der Waals surface area contributed by atoms with Crippen molar-refractivity contribution in [2.45, 2.75) is 58.3 Å². The Morgan fingerprint density at radius 1 is 1.19 bits per heavy atom. The minimum atomic E-state index is 0.498. The molecule has 2 aliphatic rings. The molecular formula is C17H29N3O. The molecule has 0 spiro atoms. The summed E-state index contributed by atoms with van der Waals surface area (Å²) in [5.41, 5.74) is 0. The second-order valence-corrected chi connectivity index (χ2v) is 6.82. The lowest BCUT2D eigenvalue weighted by molar-refractivity contribution is 0.0424. The van der Waals surface area contributed by atoms with Crippen LogP contribution in [0, 0.1) is 0 Å². The molecule has 4 heteroatoms. The molecule has 0 aliphatic carbocycles. The van der Waals surface area contributed by atoms with Gasteiger partial charge in [-0.15, -0.1) is 0 Å². The van der Waals surface area contributed by atoms with Crippen molar-refractivity contribution in [1.29, 1.82) is 0 Å². The van der Waals surface area contributed by atoms with E-state index in [4.69, 9.17) is 4.42 Å². The highest BCUT2D eigenvalue weighted by molar-refractivity contribution is 5.07. The minimum Gasteiger partial charge on any atom is -0.463 e. The van der Waals surface area contributed by atoms with E-state index in [9.17, 15) is 0 Å². The van der Waals surface area contributed by atoms with E-state index in [1.165, 1.54) is 45.4 Å². The number of nitrogens with zero attached hydrogens (tertiary/aromatic N) is 2. The van der Waals surface area contributed by atoms with Crippen LogP contribution in [0.15, 0.2) is 16.5 Å². The topological polar surface area (TPSA) is 31.6 Å². The zero-order chi connectivity index (χ0) is 14.7. The average molecular weight is 291 g/mol. The number of piperidine rings is 1. The number of hydrogen-bond donors (Lipinski definition) is 1. The third-order valence-corrected chi connectivity index (χ3v) is 4.70. The molecular weight excluding hydrogens is 262 g/mol. The highest BCUT2D eigenvalue weighted by atomic mass is 16.3. The van der Waals surface area contributed by atoms with E-state index in [1.54, 1.807) is 0 Å². The van der Waals surface area contributed by atoms with Crippen molar-refractivity contribution in [3.05, 3.63) is 23.7 Å². The SMILES string of the molecule is CC(C)NCc1ccc(CN2CCN3CCCCC3C2)o1. The molecule has 1 aromatic heterocycles. The van der Waals surface area contributed by atoms with Crippen LogP contribution in [0.1, 0.15) is 44.6 Å². The molecule has 1 aromatic rings. The highest BCUT2D eigenvalue weighted by Gasteiger charge is 2.29. The molecule has 2 aliphatic heterocycles. The van der Waals surface area contributed by atoms with Gasteiger partial charge in [0.1, 0.15) is 11.5 Å². The number of fused-ring (bicyclic) bond motifs is 1. The van der Waals surface area contributed by atoms with Crippen LogP contribution in [0.5, 0.6) is 0 Å². The number of piperazine rings is 1. The first-order valence-corrected chi connectivity index (χ1v) is 8.48. The van der Waals surface area contributed by atoms with Crippen molar-refractivity contribution in [2.75, 3.05) is 26.2 Å². The van der Waals surface area contributed by atoms with Gasteiger partial charge in [0, 0.05) is 31.7 Å². The summed E-state index contributed by atoms with van der Waals surface area (Å²) in [5.74, 6) is 2.16. The van der Waals surface area contributed by atoms with E-state index in [0.717, 1.165) is 30.7 Å². The fraction of sp³-hybridized carbons (Fsp3) is 0.765. The van der Waals surface area contributed by atoms with E-state index < -0.39 is 0 Å². The highest BCUT2D eigenvalue weighted by Crippen LogP contribution is 2.22. The van der Waals surface area contributed by atoms with E-state index in [0.29, 0.717) is 6.04 Å². The van der Waals surface area contributed by atoms with Gasteiger partial charge in [-0.05, 0) is 31.5 Å². The normalized spacial score (nSPS) is 24.4. The maximum absolute atomic E-state index is 5.96. The monoisotopic (exact) mass is 291 g/mol. The van der Waals surface area contributed by atoms with E-state index in [1.807, 2.05) is 0 Å². The Labute approximate surface area is 128 Å². The first-order chi connectivity index (χ1) is 10.2. The Bertz CT molecular complexity index is 443. The summed E-state index contributed by atoms with van der Waals surface area (Å²) >= 11 is 0. The lowest BCUT2D eigenvalue weighted by Gasteiger charge is -2.43. The van der Waals surface area contributed by atoms with Gasteiger partial charge < -0.3 is 9.73 Å². The van der Waals surface area contributed by atoms with Crippen LogP contribution in [0.4, 0.5) is 0 Å². The summed E-state index contributed by atoms with van der Waals surface area (Å²) in [6.45, 7) is 11.0. The Hall–Kier alpha value is -0.840. The van der Waals surface area contributed by atoms with Crippen molar-refractivity contribution in [2.24, 2.45) is 0 Å². The van der Waals surface area contributed by atoms with Crippen LogP contribution in [0.2, 0.25) is 0 Å². The zero-order valence-corrected chi connectivity index (χ0v) is 13.5. The fourth-order valence-corrected chi connectivity index (χ4v) is 3.49. The molecule has 21 heavy (non-hydrogen) atoms. The number of rotatable bonds is 5. The van der Waals surface area contributed by atoms with Crippen LogP contribution in [0.3, 0.4) is 0 Å². The Morgan fingerprint density at radius 2 is 2.05 bits per heavy atom. The number of furan rings is 1. The van der Waals surface area contributed by atoms with Gasteiger partial charge in [-0.25, -0.2) is 0 Å². The van der Waals surface area contributed by atoms with Gasteiger partial charge in [-0.3, -0.25) is 9.80 Å². The van der Waals surface area contributed by atoms with E-state index in [-0.39, 0.29) is 0 Å². The summed E-state index contributed by atoms with van der Waals surface area (Å²) in [6.07, 6.45) is 4.17. The van der Waals surface area contributed by atoms with Crippen molar-refractivity contribution >= 4 is 0 Å². The van der Waals surface area contributed by atoms with Gasteiger partial charge >= 0.3 is 0 Å². The molecule has 0 radical (unpaired) electrons. The second kappa shape index (κ2) is 6.95. The van der Waals surface area contributed by atoms with Gasteiger partial charge in [0.15, 0.2) is 0 Å². The Balaban J connectivity index is 1.50. The molecule has 4 nitrogen and oxygen atoms in total. The molecule has 2 saturated heterocycles. The number of nitrogens with one attached hydrogen (secondary N) is 1. The molecule has 1 unspecified atom stereocenters. The van der Waals surface area contributed by atoms with Gasteiger partial charge in [0.2, 0.25) is 0 Å². The molecule has 3 rings (SSSR count). The second-order valence-electron chi connectivity index (χ2n) is 6.82. The summed E-state index contributed by atoms with van der Waals surface area (Å²) in [7, 11) is 0. The maximum atomic E-state index is 5.96. The van der Waals surface area contributed by atoms with E-state index in [2.05, 4.69) is 41.1 Å². The van der Waals surface area contributed by atoms with Crippen LogP contribution in [-0.2, 0) is 13.1 Å². The van der Waals surface area contributed by atoms with E-state index >= 15 is 0 Å². The molecule has 1 N–H and O–H groups in total. The summed E-state index contributed by atoms with van der Waals surface area (Å²) < 4.78 is 5.96. The quantitative estimate of drug-likeness (QED) is 0.903. The number of hydrogen-bond acceptors (Lipinski definition) is 4. The van der Waals surface area contributed by atoms with Crippen molar-refractivity contribution in [3.8, 4) is 0 Å². The van der Waals surface area contributed by atoms with Gasteiger partial charge in [0.25, 0.3) is 0 Å². The van der Waals surface area contributed by atoms with Crippen molar-refractivity contribution < 1.29 is 4.42 Å². The first-order valence-electron chi connectivity index (χ1n) is 8.48. The summed E-state index contributed by atoms with van der Waals surface area (Å²) in [5, 5.41) is 3.40. The average Bonchev–Trinajstić information content (AvgIpc) is 2.92. The predicted molar refractivity (Wildman–Crippen MR) is 85.2 cm³/mol. The van der Waals surface area contributed by atoms with Gasteiger partial charge in [-0.2, -0.15) is 0 Å². The summed E-state index contributed by atoms with van der Waals surface area (Å²) in [6, 6.07) is 5.54. The Morgan fingerprint density at radius 3 is 2.90 bits per heavy atom. The van der Waals surface area contributed by atoms with Gasteiger partial charge in [0.05, 0.1) is 13.1 Å². The molecule has 0 saturated carbocycles. The first kappa shape index (κ1) is 15.1. The molecule has 0 bridgehead atoms. The molecule has 1 atom stereocenters. The van der Waals surface area contributed by atoms with Crippen molar-refractivity contribution in [3.63, 3.8) is 0 Å². The molecule has 0 aromatic carbocycles. The third kappa shape index (κ3) is 4.09. The van der Waals surface area contributed by atoms with Crippen LogP contribution < -0.4 is 5.32 Å². The van der Waals surface area contributed by atoms with Crippen LogP contribution in [-0.4, -0.2) is 48.1 Å². The molecule has 2 fully saturated rings. The maximum Gasteiger partial charge on any atom is 0.118 e. The van der Waals surface area contributed by atoms with Crippen LogP contribution >= 0.6 is 0 Å². The smallest absolute Gasteiger partial charge is 0.118 e. The predicted octanol–water partition coefficient (Wildman–Crippen LogP) is 2.45. The Kier molecular flexibility index (Phi) is 4.99. The molecule has 118 valence electrons. The lowest BCUT2D eigenvalue weighted by atomic mass is 9.99. The minimum absolute atomic E-state index is 0.498. The van der Waals surface area contributed by atoms with Gasteiger partial charge in [-0.1, -0.05) is 20.3 Å².